The molecule has 2 saturated heterocycles. The number of hydrogen-bond donors (Lipinski definition) is 1. The van der Waals surface area contributed by atoms with E-state index < -0.39 is 5.60 Å². The molecule has 0 aliphatic carbocycles. The average molecular weight is 308 g/mol. The highest BCUT2D eigenvalue weighted by Crippen LogP contribution is 2.31. The van der Waals surface area contributed by atoms with E-state index in [1.165, 1.54) is 4.90 Å². The van der Waals surface area contributed by atoms with Crippen LogP contribution in [0, 0.1) is 0 Å². The Morgan fingerprint density at radius 1 is 1.50 bits per heavy atom. The van der Waals surface area contributed by atoms with Gasteiger partial charge in [0, 0.05) is 26.6 Å². The molecule has 1 aromatic heterocycles. The number of nitrogens with zero attached hydrogens (tertiary/aromatic N) is 5. The zero-order chi connectivity index (χ0) is 15.7. The number of anilines is 1. The summed E-state index contributed by atoms with van der Waals surface area (Å²) < 4.78 is 7.11. The standard InChI is InChI=1S/C13H20N6O3/c1-3-5-19-7-10(15-16-19)14-11(20)18-6-4-13(9-18)8-17(2)12(21)22-13/h7H,3-6,8-9H2,1-2H3,(H,14,20)/t13-/m0/s1. The molecule has 3 heterocycles. The fourth-order valence-corrected chi connectivity index (χ4v) is 2.91. The zero-order valence-corrected chi connectivity index (χ0v) is 12.8. The van der Waals surface area contributed by atoms with E-state index in [2.05, 4.69) is 15.6 Å². The number of aryl methyl sites for hydroxylation is 1. The second-order valence-corrected chi connectivity index (χ2v) is 5.88. The Labute approximate surface area is 128 Å². The van der Waals surface area contributed by atoms with E-state index in [-0.39, 0.29) is 12.1 Å². The van der Waals surface area contributed by atoms with Crippen LogP contribution in [0.2, 0.25) is 0 Å². The SMILES string of the molecule is CCCn1cc(NC(=O)N2CC[C@]3(CN(C)C(=O)O3)C2)nn1. The van der Waals surface area contributed by atoms with Gasteiger partial charge in [-0.1, -0.05) is 12.1 Å². The molecule has 3 amide bonds. The van der Waals surface area contributed by atoms with Crippen molar-refractivity contribution in [2.75, 3.05) is 32.0 Å². The first kappa shape index (κ1) is 14.6. The molecule has 120 valence electrons. The van der Waals surface area contributed by atoms with Gasteiger partial charge in [-0.3, -0.25) is 10.00 Å². The summed E-state index contributed by atoms with van der Waals surface area (Å²) >= 11 is 0. The Morgan fingerprint density at radius 2 is 2.32 bits per heavy atom. The molecule has 9 heteroatoms. The quantitative estimate of drug-likeness (QED) is 0.889. The molecular weight excluding hydrogens is 288 g/mol. The summed E-state index contributed by atoms with van der Waals surface area (Å²) in [6, 6.07) is -0.244. The maximum Gasteiger partial charge on any atom is 0.410 e. The van der Waals surface area contributed by atoms with Gasteiger partial charge in [-0.15, -0.1) is 5.10 Å². The fraction of sp³-hybridized carbons (Fsp3) is 0.692. The summed E-state index contributed by atoms with van der Waals surface area (Å²) in [5, 5.41) is 10.6. The molecule has 22 heavy (non-hydrogen) atoms. The monoisotopic (exact) mass is 308 g/mol. The molecule has 1 atom stereocenters. The molecule has 9 nitrogen and oxygen atoms in total. The number of nitrogens with one attached hydrogen (secondary N) is 1. The van der Waals surface area contributed by atoms with Gasteiger partial charge < -0.3 is 14.5 Å². The molecule has 2 fully saturated rings. The second-order valence-electron chi connectivity index (χ2n) is 5.88. The first-order valence-corrected chi connectivity index (χ1v) is 7.41. The Bertz CT molecular complexity index is 588. The lowest BCUT2D eigenvalue weighted by molar-refractivity contribution is 0.0662. The van der Waals surface area contributed by atoms with Crippen molar-refractivity contribution in [3.05, 3.63) is 6.20 Å². The maximum absolute atomic E-state index is 12.3. The van der Waals surface area contributed by atoms with Crippen molar-refractivity contribution in [2.24, 2.45) is 0 Å². The molecule has 2 aliphatic heterocycles. The zero-order valence-electron chi connectivity index (χ0n) is 12.8. The number of likely N-dealkylation sites (tertiary alicyclic amines) is 1. The van der Waals surface area contributed by atoms with Crippen LogP contribution in [0.4, 0.5) is 15.4 Å². The predicted octanol–water partition coefficient (Wildman–Crippen LogP) is 0.746. The van der Waals surface area contributed by atoms with Crippen molar-refractivity contribution in [1.82, 2.24) is 24.8 Å². The topological polar surface area (TPSA) is 92.6 Å². The molecule has 0 bridgehead atoms. The van der Waals surface area contributed by atoms with E-state index in [1.807, 2.05) is 6.92 Å². The van der Waals surface area contributed by atoms with Crippen LogP contribution in [-0.2, 0) is 11.3 Å². The number of likely N-dealkylation sites (N-methyl/N-ethyl adjacent to an activating group) is 1. The van der Waals surface area contributed by atoms with Crippen LogP contribution in [0.3, 0.4) is 0 Å². The van der Waals surface area contributed by atoms with Crippen molar-refractivity contribution < 1.29 is 14.3 Å². The van der Waals surface area contributed by atoms with Gasteiger partial charge in [-0.2, -0.15) is 0 Å². The Balaban J connectivity index is 1.58. The molecule has 1 N–H and O–H groups in total. The number of carbonyl (C=O) groups excluding carboxylic acids is 2. The number of urea groups is 1. The molecule has 0 saturated carbocycles. The highest BCUT2D eigenvalue weighted by Gasteiger charge is 2.49. The van der Waals surface area contributed by atoms with E-state index in [9.17, 15) is 9.59 Å². The van der Waals surface area contributed by atoms with Gasteiger partial charge in [-0.25, -0.2) is 9.59 Å². The van der Waals surface area contributed by atoms with Crippen LogP contribution < -0.4 is 5.32 Å². The van der Waals surface area contributed by atoms with Gasteiger partial charge in [0.05, 0.1) is 19.3 Å². The number of rotatable bonds is 3. The molecule has 3 rings (SSSR count). The van der Waals surface area contributed by atoms with Gasteiger partial charge in [0.2, 0.25) is 0 Å². The van der Waals surface area contributed by atoms with E-state index >= 15 is 0 Å². The normalized spacial score (nSPS) is 24.2. The molecular formula is C13H20N6O3. The van der Waals surface area contributed by atoms with Gasteiger partial charge in [0.1, 0.15) is 0 Å². The molecule has 1 aromatic rings. The maximum atomic E-state index is 12.3. The number of ether oxygens (including phenoxy) is 1. The van der Waals surface area contributed by atoms with Crippen molar-refractivity contribution in [3.8, 4) is 0 Å². The fourth-order valence-electron chi connectivity index (χ4n) is 2.91. The van der Waals surface area contributed by atoms with Crippen LogP contribution in [0.1, 0.15) is 19.8 Å². The first-order valence-electron chi connectivity index (χ1n) is 7.41. The molecule has 0 radical (unpaired) electrons. The Kier molecular flexibility index (Phi) is 3.63. The van der Waals surface area contributed by atoms with Gasteiger partial charge in [-0.05, 0) is 6.42 Å². The molecule has 0 unspecified atom stereocenters. The van der Waals surface area contributed by atoms with Crippen LogP contribution in [0.25, 0.3) is 0 Å². The molecule has 1 spiro atoms. The summed E-state index contributed by atoms with van der Waals surface area (Å²) in [7, 11) is 1.70. The summed E-state index contributed by atoms with van der Waals surface area (Å²) in [6.07, 6.45) is 2.98. The van der Waals surface area contributed by atoms with E-state index in [1.54, 1.807) is 22.8 Å². The second kappa shape index (κ2) is 5.47. The van der Waals surface area contributed by atoms with Gasteiger partial charge in [0.25, 0.3) is 0 Å². The Morgan fingerprint density at radius 3 is 3.00 bits per heavy atom. The van der Waals surface area contributed by atoms with Crippen LogP contribution in [-0.4, -0.2) is 69.2 Å². The summed E-state index contributed by atoms with van der Waals surface area (Å²) in [6.45, 7) is 4.28. The Hall–Kier alpha value is -2.32. The lowest BCUT2D eigenvalue weighted by atomic mass is 10.0. The molecule has 0 aromatic carbocycles. The molecule has 2 aliphatic rings. The third-order valence-electron chi connectivity index (χ3n) is 3.97. The summed E-state index contributed by atoms with van der Waals surface area (Å²) in [5.74, 6) is 0.430. The van der Waals surface area contributed by atoms with E-state index in [0.717, 1.165) is 13.0 Å². The lowest BCUT2D eigenvalue weighted by Crippen LogP contribution is -2.40. The number of amides is 3. The highest BCUT2D eigenvalue weighted by molar-refractivity contribution is 5.88. The third kappa shape index (κ3) is 2.70. The lowest BCUT2D eigenvalue weighted by Gasteiger charge is -2.21. The van der Waals surface area contributed by atoms with E-state index in [0.29, 0.717) is 31.9 Å². The number of carbonyl (C=O) groups is 2. The average Bonchev–Trinajstić information content (AvgIpc) is 3.13. The van der Waals surface area contributed by atoms with Gasteiger partial charge >= 0.3 is 12.1 Å². The van der Waals surface area contributed by atoms with Crippen LogP contribution in [0.15, 0.2) is 6.20 Å². The van der Waals surface area contributed by atoms with Gasteiger partial charge in [0.15, 0.2) is 11.4 Å². The predicted molar refractivity (Wildman–Crippen MR) is 77.4 cm³/mol. The minimum atomic E-state index is -0.566. The largest absolute Gasteiger partial charge is 0.439 e. The van der Waals surface area contributed by atoms with Crippen molar-refractivity contribution in [3.63, 3.8) is 0 Å². The van der Waals surface area contributed by atoms with Crippen molar-refractivity contribution in [2.45, 2.75) is 31.9 Å². The van der Waals surface area contributed by atoms with Crippen molar-refractivity contribution in [1.29, 1.82) is 0 Å². The number of hydrogen-bond acceptors (Lipinski definition) is 5. The van der Waals surface area contributed by atoms with Crippen LogP contribution >= 0.6 is 0 Å². The van der Waals surface area contributed by atoms with Crippen LogP contribution in [0.5, 0.6) is 0 Å². The smallest absolute Gasteiger partial charge is 0.410 e. The van der Waals surface area contributed by atoms with Crippen molar-refractivity contribution >= 4 is 17.9 Å². The van der Waals surface area contributed by atoms with E-state index in [4.69, 9.17) is 4.74 Å². The number of aromatic nitrogens is 3. The summed E-state index contributed by atoms with van der Waals surface area (Å²) in [5.41, 5.74) is -0.566. The minimum Gasteiger partial charge on any atom is -0.439 e. The minimum absolute atomic E-state index is 0.244. The highest BCUT2D eigenvalue weighted by atomic mass is 16.6. The summed E-state index contributed by atoms with van der Waals surface area (Å²) in [4.78, 5) is 27.0. The first-order chi connectivity index (χ1) is 10.5. The third-order valence-corrected chi connectivity index (χ3v) is 3.97.